The summed E-state index contributed by atoms with van der Waals surface area (Å²) in [5, 5.41) is 2.63. The van der Waals surface area contributed by atoms with Crippen LogP contribution in [0.5, 0.6) is 0 Å². The van der Waals surface area contributed by atoms with Gasteiger partial charge in [-0.05, 0) is 6.07 Å². The fourth-order valence-corrected chi connectivity index (χ4v) is 1.08. The first-order valence-electron chi connectivity index (χ1n) is 5.19. The lowest BCUT2D eigenvalue weighted by Crippen LogP contribution is -2.26. The standard InChI is InChI=1S/C13H16NO2/c1-13(2,3)11(15)9-12(16)14-10-7-5-4-6-8-10/h4-7H,9H2,1-3H3,(H,14,16). The number of Topliss-reactive ketones (excluding diaryl/α,β-unsaturated/α-hetero) is 1. The van der Waals surface area contributed by atoms with Crippen LogP contribution in [0.2, 0.25) is 0 Å². The topological polar surface area (TPSA) is 46.2 Å². The van der Waals surface area contributed by atoms with Crippen LogP contribution in [-0.2, 0) is 9.59 Å². The predicted molar refractivity (Wildman–Crippen MR) is 63.0 cm³/mol. The SMILES string of the molecule is CC(C)(C)C(=O)CC(=O)Nc1[c]cccc1. The fraction of sp³-hybridized carbons (Fsp3) is 0.385. The number of benzene rings is 1. The molecule has 1 N–H and O–H groups in total. The van der Waals surface area contributed by atoms with E-state index in [-0.39, 0.29) is 18.1 Å². The molecule has 0 fully saturated rings. The van der Waals surface area contributed by atoms with E-state index in [2.05, 4.69) is 11.4 Å². The Morgan fingerprint density at radius 1 is 1.31 bits per heavy atom. The fourth-order valence-electron chi connectivity index (χ4n) is 1.08. The molecule has 0 atom stereocenters. The summed E-state index contributed by atoms with van der Waals surface area (Å²) in [6.45, 7) is 5.41. The molecule has 0 aliphatic carbocycles. The molecule has 16 heavy (non-hydrogen) atoms. The Labute approximate surface area is 95.9 Å². The van der Waals surface area contributed by atoms with Gasteiger partial charge in [0.1, 0.15) is 5.78 Å². The second-order valence-electron chi connectivity index (χ2n) is 4.67. The van der Waals surface area contributed by atoms with Gasteiger partial charge < -0.3 is 5.32 Å². The first-order valence-corrected chi connectivity index (χ1v) is 5.19. The largest absolute Gasteiger partial charge is 0.325 e. The van der Waals surface area contributed by atoms with E-state index < -0.39 is 5.41 Å². The first kappa shape index (κ1) is 12.4. The highest BCUT2D eigenvalue weighted by atomic mass is 16.2. The van der Waals surface area contributed by atoms with Crippen LogP contribution in [0.3, 0.4) is 0 Å². The minimum atomic E-state index is -0.474. The zero-order chi connectivity index (χ0) is 12.2. The molecule has 85 valence electrons. The molecule has 1 aromatic rings. The van der Waals surface area contributed by atoms with Crippen LogP contribution >= 0.6 is 0 Å². The number of para-hydroxylation sites is 1. The summed E-state index contributed by atoms with van der Waals surface area (Å²) in [4.78, 5) is 23.1. The molecule has 3 heteroatoms. The van der Waals surface area contributed by atoms with Crippen molar-refractivity contribution in [3.8, 4) is 0 Å². The highest BCUT2D eigenvalue weighted by Gasteiger charge is 2.23. The maximum absolute atomic E-state index is 11.6. The summed E-state index contributed by atoms with van der Waals surface area (Å²) in [6, 6.07) is 9.93. The van der Waals surface area contributed by atoms with Crippen molar-refractivity contribution in [3.05, 3.63) is 30.3 Å². The van der Waals surface area contributed by atoms with Gasteiger partial charge in [0.25, 0.3) is 0 Å². The van der Waals surface area contributed by atoms with Crippen LogP contribution in [0, 0.1) is 11.5 Å². The highest BCUT2D eigenvalue weighted by Crippen LogP contribution is 2.17. The summed E-state index contributed by atoms with van der Waals surface area (Å²) in [6.07, 6.45) is -0.0910. The Bertz CT molecular complexity index is 377. The molecule has 0 saturated heterocycles. The van der Waals surface area contributed by atoms with Crippen molar-refractivity contribution in [2.45, 2.75) is 27.2 Å². The van der Waals surface area contributed by atoms with Gasteiger partial charge in [-0.15, -0.1) is 0 Å². The first-order chi connectivity index (χ1) is 7.39. The molecule has 1 rings (SSSR count). The van der Waals surface area contributed by atoms with Crippen LogP contribution in [0.4, 0.5) is 5.69 Å². The number of rotatable bonds is 3. The van der Waals surface area contributed by atoms with E-state index in [9.17, 15) is 9.59 Å². The zero-order valence-corrected chi connectivity index (χ0v) is 9.83. The molecule has 0 aliphatic rings. The molecule has 1 radical (unpaired) electrons. The number of anilines is 1. The number of carbonyl (C=O) groups is 2. The van der Waals surface area contributed by atoms with Crippen LogP contribution < -0.4 is 5.32 Å². The predicted octanol–water partition coefficient (Wildman–Crippen LogP) is 2.43. The Morgan fingerprint density at radius 3 is 2.50 bits per heavy atom. The van der Waals surface area contributed by atoms with E-state index >= 15 is 0 Å². The zero-order valence-electron chi connectivity index (χ0n) is 9.83. The molecule has 0 heterocycles. The second kappa shape index (κ2) is 4.92. The summed E-state index contributed by atoms with van der Waals surface area (Å²) in [7, 11) is 0. The third kappa shape index (κ3) is 3.85. The summed E-state index contributed by atoms with van der Waals surface area (Å²) in [5.41, 5.74) is 0.117. The van der Waals surface area contributed by atoms with Gasteiger partial charge in [0, 0.05) is 17.2 Å². The van der Waals surface area contributed by atoms with Crippen molar-refractivity contribution in [2.24, 2.45) is 5.41 Å². The summed E-state index contributed by atoms with van der Waals surface area (Å²) in [5.74, 6) is -0.358. The molecular formula is C13H16NO2. The van der Waals surface area contributed by atoms with Gasteiger partial charge in [-0.1, -0.05) is 39.0 Å². The van der Waals surface area contributed by atoms with Gasteiger partial charge in [0.05, 0.1) is 6.42 Å². The van der Waals surface area contributed by atoms with Crippen LogP contribution in [0.1, 0.15) is 27.2 Å². The van der Waals surface area contributed by atoms with Crippen molar-refractivity contribution >= 4 is 17.4 Å². The molecule has 1 aromatic carbocycles. The molecule has 0 saturated carbocycles. The monoisotopic (exact) mass is 218 g/mol. The Kier molecular flexibility index (Phi) is 3.82. The van der Waals surface area contributed by atoms with Gasteiger partial charge >= 0.3 is 0 Å². The highest BCUT2D eigenvalue weighted by molar-refractivity contribution is 6.05. The number of amides is 1. The molecule has 0 bridgehead atoms. The minimum Gasteiger partial charge on any atom is -0.325 e. The van der Waals surface area contributed by atoms with E-state index in [1.807, 2.05) is 6.07 Å². The van der Waals surface area contributed by atoms with Crippen LogP contribution in [0.15, 0.2) is 24.3 Å². The number of nitrogens with one attached hydrogen (secondary N) is 1. The lowest BCUT2D eigenvalue weighted by atomic mass is 9.89. The van der Waals surface area contributed by atoms with E-state index in [1.165, 1.54) is 0 Å². The number of carbonyl (C=O) groups excluding carboxylic acids is 2. The molecule has 0 unspecified atom stereocenters. The second-order valence-corrected chi connectivity index (χ2v) is 4.67. The average Bonchev–Trinajstić information content (AvgIpc) is 2.17. The molecular weight excluding hydrogens is 202 g/mol. The average molecular weight is 218 g/mol. The van der Waals surface area contributed by atoms with Crippen molar-refractivity contribution in [2.75, 3.05) is 5.32 Å². The number of ketones is 1. The van der Waals surface area contributed by atoms with E-state index in [0.29, 0.717) is 5.69 Å². The van der Waals surface area contributed by atoms with Crippen molar-refractivity contribution in [1.82, 2.24) is 0 Å². The summed E-state index contributed by atoms with van der Waals surface area (Å²) >= 11 is 0. The van der Waals surface area contributed by atoms with Gasteiger partial charge in [-0.2, -0.15) is 0 Å². The smallest absolute Gasteiger partial charge is 0.231 e. The molecule has 0 aliphatic heterocycles. The Hall–Kier alpha value is -1.64. The maximum atomic E-state index is 11.6. The van der Waals surface area contributed by atoms with E-state index in [0.717, 1.165) is 0 Å². The van der Waals surface area contributed by atoms with Gasteiger partial charge in [-0.25, -0.2) is 0 Å². The lowest BCUT2D eigenvalue weighted by molar-refractivity contribution is -0.130. The minimum absolute atomic E-state index is 0.0686. The number of hydrogen-bond acceptors (Lipinski definition) is 2. The number of hydrogen-bond donors (Lipinski definition) is 1. The molecule has 1 amide bonds. The third-order valence-electron chi connectivity index (χ3n) is 2.14. The maximum Gasteiger partial charge on any atom is 0.231 e. The van der Waals surface area contributed by atoms with Crippen LogP contribution in [0.25, 0.3) is 0 Å². The van der Waals surface area contributed by atoms with Crippen molar-refractivity contribution < 1.29 is 9.59 Å². The third-order valence-corrected chi connectivity index (χ3v) is 2.14. The van der Waals surface area contributed by atoms with Crippen LogP contribution in [-0.4, -0.2) is 11.7 Å². The summed E-state index contributed by atoms with van der Waals surface area (Å²) < 4.78 is 0. The lowest BCUT2D eigenvalue weighted by Gasteiger charge is -2.15. The van der Waals surface area contributed by atoms with Gasteiger partial charge in [0.2, 0.25) is 5.91 Å². The van der Waals surface area contributed by atoms with E-state index in [4.69, 9.17) is 0 Å². The van der Waals surface area contributed by atoms with E-state index in [1.54, 1.807) is 39.0 Å². The molecule has 3 nitrogen and oxygen atoms in total. The van der Waals surface area contributed by atoms with Gasteiger partial charge in [0.15, 0.2) is 0 Å². The molecule has 0 aromatic heterocycles. The van der Waals surface area contributed by atoms with Gasteiger partial charge in [-0.3, -0.25) is 9.59 Å². The Morgan fingerprint density at radius 2 is 2.00 bits per heavy atom. The molecule has 0 spiro atoms. The Balaban J connectivity index is 2.52. The van der Waals surface area contributed by atoms with Crippen molar-refractivity contribution in [3.63, 3.8) is 0 Å². The quantitative estimate of drug-likeness (QED) is 0.792. The normalized spacial score (nSPS) is 10.9. The van der Waals surface area contributed by atoms with Crippen molar-refractivity contribution in [1.29, 1.82) is 0 Å².